The number of rotatable bonds is 5. The number of carbonyl (C=O) groups is 2. The van der Waals surface area contributed by atoms with Crippen LogP contribution >= 0.6 is 0 Å². The summed E-state index contributed by atoms with van der Waals surface area (Å²) in [6, 6.07) is 0.157. The molecule has 0 aromatic carbocycles. The van der Waals surface area contributed by atoms with Crippen molar-refractivity contribution in [2.75, 3.05) is 19.6 Å². The standard InChI is InChI=1S/C19H28N4O2/c1-14(2)8-9-23-17-6-5-16(19(23)25)12-22(13-17)18(24)7-4-15-10-20-21(3)11-15/h8,10-11,16-17H,4-7,9,12-13H2,1-3H3/t16-,17+/m0/s1. The van der Waals surface area contributed by atoms with Gasteiger partial charge in [0.15, 0.2) is 0 Å². The van der Waals surface area contributed by atoms with Gasteiger partial charge in [-0.05, 0) is 38.7 Å². The van der Waals surface area contributed by atoms with E-state index in [1.165, 1.54) is 5.57 Å². The third kappa shape index (κ3) is 4.11. The normalized spacial score (nSPS) is 22.9. The molecule has 3 aliphatic heterocycles. The lowest BCUT2D eigenvalue weighted by atomic mass is 9.94. The summed E-state index contributed by atoms with van der Waals surface area (Å²) < 4.78 is 1.76. The minimum atomic E-state index is -0.0355. The van der Waals surface area contributed by atoms with Crippen molar-refractivity contribution in [2.24, 2.45) is 13.0 Å². The summed E-state index contributed by atoms with van der Waals surface area (Å²) in [6.07, 6.45) is 8.95. The number of fused-ring (bicyclic) bond motifs is 4. The van der Waals surface area contributed by atoms with Crippen LogP contribution in [0.5, 0.6) is 0 Å². The Bertz CT molecular complexity index is 675. The lowest BCUT2D eigenvalue weighted by molar-refractivity contribution is -0.139. The number of nitrogens with zero attached hydrogens (tertiary/aromatic N) is 4. The van der Waals surface area contributed by atoms with Crippen LogP contribution in [-0.4, -0.2) is 57.1 Å². The molecule has 6 heteroatoms. The van der Waals surface area contributed by atoms with Gasteiger partial charge in [0.1, 0.15) is 0 Å². The number of piperidine rings is 1. The van der Waals surface area contributed by atoms with Crippen molar-refractivity contribution in [2.45, 2.75) is 45.6 Å². The average molecular weight is 344 g/mol. The quantitative estimate of drug-likeness (QED) is 0.765. The van der Waals surface area contributed by atoms with Crippen LogP contribution in [0.15, 0.2) is 24.0 Å². The zero-order valence-corrected chi connectivity index (χ0v) is 15.4. The van der Waals surface area contributed by atoms with Crippen LogP contribution < -0.4 is 0 Å². The van der Waals surface area contributed by atoms with Gasteiger partial charge in [0, 0.05) is 45.3 Å². The van der Waals surface area contributed by atoms with Gasteiger partial charge in [0.2, 0.25) is 11.8 Å². The zero-order chi connectivity index (χ0) is 18.0. The third-order valence-corrected chi connectivity index (χ3v) is 5.23. The van der Waals surface area contributed by atoms with Crippen LogP contribution in [0.1, 0.15) is 38.7 Å². The van der Waals surface area contributed by atoms with Gasteiger partial charge in [-0.15, -0.1) is 0 Å². The van der Waals surface area contributed by atoms with E-state index >= 15 is 0 Å². The van der Waals surface area contributed by atoms with Gasteiger partial charge < -0.3 is 9.80 Å². The Morgan fingerprint density at radius 3 is 2.80 bits per heavy atom. The minimum absolute atomic E-state index is 0.0355. The zero-order valence-electron chi connectivity index (χ0n) is 15.4. The lowest BCUT2D eigenvalue weighted by Gasteiger charge is -2.35. The number of hydrogen-bond acceptors (Lipinski definition) is 3. The fraction of sp³-hybridized carbons (Fsp3) is 0.632. The fourth-order valence-electron chi connectivity index (χ4n) is 3.78. The van der Waals surface area contributed by atoms with Crippen molar-refractivity contribution < 1.29 is 9.59 Å². The number of aryl methyl sites for hydroxylation is 2. The maximum Gasteiger partial charge on any atom is 0.228 e. The first-order chi connectivity index (χ1) is 11.9. The fourth-order valence-corrected chi connectivity index (χ4v) is 3.78. The Morgan fingerprint density at radius 2 is 2.12 bits per heavy atom. The number of allylic oxidation sites excluding steroid dienone is 1. The smallest absolute Gasteiger partial charge is 0.228 e. The van der Waals surface area contributed by atoms with E-state index in [1.807, 2.05) is 29.2 Å². The summed E-state index contributed by atoms with van der Waals surface area (Å²) in [7, 11) is 1.88. The molecule has 6 nitrogen and oxygen atoms in total. The van der Waals surface area contributed by atoms with Crippen molar-refractivity contribution in [3.63, 3.8) is 0 Å². The molecule has 2 atom stereocenters. The molecular formula is C19H28N4O2. The maximum absolute atomic E-state index is 12.7. The van der Waals surface area contributed by atoms with Crippen LogP contribution in [0.3, 0.4) is 0 Å². The van der Waals surface area contributed by atoms with Gasteiger partial charge in [0.05, 0.1) is 12.1 Å². The molecule has 3 saturated heterocycles. The number of hydrogen-bond donors (Lipinski definition) is 0. The molecule has 1 aromatic rings. The molecule has 136 valence electrons. The number of aromatic nitrogens is 2. The van der Waals surface area contributed by atoms with Gasteiger partial charge in [-0.3, -0.25) is 14.3 Å². The predicted molar refractivity (Wildman–Crippen MR) is 95.8 cm³/mol. The van der Waals surface area contributed by atoms with Gasteiger partial charge in [-0.1, -0.05) is 11.6 Å². The molecule has 1 aromatic heterocycles. The second-order valence-corrected chi connectivity index (χ2v) is 7.52. The van der Waals surface area contributed by atoms with Gasteiger partial charge in [-0.2, -0.15) is 5.10 Å². The van der Waals surface area contributed by atoms with E-state index in [1.54, 1.807) is 4.68 Å². The van der Waals surface area contributed by atoms with Crippen LogP contribution in [0.4, 0.5) is 0 Å². The summed E-state index contributed by atoms with van der Waals surface area (Å²) >= 11 is 0. The topological polar surface area (TPSA) is 58.4 Å². The second-order valence-electron chi connectivity index (χ2n) is 7.52. The van der Waals surface area contributed by atoms with Crippen LogP contribution in [0.2, 0.25) is 0 Å². The summed E-state index contributed by atoms with van der Waals surface area (Å²) in [5.41, 5.74) is 2.30. The van der Waals surface area contributed by atoms with E-state index in [2.05, 4.69) is 25.0 Å². The average Bonchev–Trinajstić information content (AvgIpc) is 2.80. The van der Waals surface area contributed by atoms with E-state index in [0.29, 0.717) is 32.5 Å². The van der Waals surface area contributed by atoms with E-state index in [0.717, 1.165) is 18.4 Å². The SMILES string of the molecule is CC(C)=CCN1C(=O)[C@H]2CC[C@@H]1CN(C(=O)CCc1cnn(C)c1)C2. The Balaban J connectivity index is 1.63. The molecule has 0 aliphatic carbocycles. The summed E-state index contributed by atoms with van der Waals surface area (Å²) in [5, 5.41) is 4.15. The highest BCUT2D eigenvalue weighted by molar-refractivity contribution is 5.83. The maximum atomic E-state index is 12.7. The Morgan fingerprint density at radius 1 is 1.32 bits per heavy atom. The highest BCUT2D eigenvalue weighted by atomic mass is 16.2. The van der Waals surface area contributed by atoms with Crippen LogP contribution in [-0.2, 0) is 23.1 Å². The number of carbonyl (C=O) groups excluding carboxylic acids is 2. The molecule has 25 heavy (non-hydrogen) atoms. The number of amides is 2. The largest absolute Gasteiger partial charge is 0.340 e. The highest BCUT2D eigenvalue weighted by Gasteiger charge is 2.41. The Kier molecular flexibility index (Phi) is 5.25. The van der Waals surface area contributed by atoms with Gasteiger partial charge >= 0.3 is 0 Å². The molecular weight excluding hydrogens is 316 g/mol. The van der Waals surface area contributed by atoms with E-state index < -0.39 is 0 Å². The lowest BCUT2D eigenvalue weighted by Crippen LogP contribution is -2.48. The van der Waals surface area contributed by atoms with Crippen LogP contribution in [0.25, 0.3) is 0 Å². The van der Waals surface area contributed by atoms with Crippen molar-refractivity contribution in [1.82, 2.24) is 19.6 Å². The summed E-state index contributed by atoms with van der Waals surface area (Å²) in [4.78, 5) is 29.3. The van der Waals surface area contributed by atoms with E-state index in [-0.39, 0.29) is 23.8 Å². The van der Waals surface area contributed by atoms with E-state index in [9.17, 15) is 9.59 Å². The van der Waals surface area contributed by atoms with Crippen LogP contribution in [0, 0.1) is 5.92 Å². The predicted octanol–water partition coefficient (Wildman–Crippen LogP) is 1.77. The second kappa shape index (κ2) is 7.42. The summed E-state index contributed by atoms with van der Waals surface area (Å²) in [5.74, 6) is 0.334. The van der Waals surface area contributed by atoms with Crippen molar-refractivity contribution in [3.8, 4) is 0 Å². The molecule has 0 saturated carbocycles. The highest BCUT2D eigenvalue weighted by Crippen LogP contribution is 2.29. The molecule has 0 radical (unpaired) electrons. The molecule has 0 N–H and O–H groups in total. The first-order valence-electron chi connectivity index (χ1n) is 9.13. The van der Waals surface area contributed by atoms with Crippen molar-refractivity contribution in [1.29, 1.82) is 0 Å². The molecule has 3 aliphatic rings. The first kappa shape index (κ1) is 17.7. The van der Waals surface area contributed by atoms with Crippen molar-refractivity contribution in [3.05, 3.63) is 29.6 Å². The first-order valence-corrected chi connectivity index (χ1v) is 9.13. The monoisotopic (exact) mass is 344 g/mol. The van der Waals surface area contributed by atoms with Gasteiger partial charge in [-0.25, -0.2) is 0 Å². The van der Waals surface area contributed by atoms with E-state index in [4.69, 9.17) is 0 Å². The molecule has 0 unspecified atom stereocenters. The molecule has 0 spiro atoms. The van der Waals surface area contributed by atoms with Gasteiger partial charge in [0.25, 0.3) is 0 Å². The third-order valence-electron chi connectivity index (χ3n) is 5.23. The molecule has 4 rings (SSSR count). The Hall–Kier alpha value is -2.11. The molecule has 4 heterocycles. The Labute approximate surface area is 149 Å². The molecule has 2 amide bonds. The molecule has 2 bridgehead atoms. The summed E-state index contributed by atoms with van der Waals surface area (Å²) in [6.45, 7) is 6.01. The minimum Gasteiger partial charge on any atom is -0.340 e. The van der Waals surface area contributed by atoms with Crippen molar-refractivity contribution >= 4 is 11.8 Å². The molecule has 3 fully saturated rings.